The van der Waals surface area contributed by atoms with Gasteiger partial charge in [0.05, 0.1) is 10.6 Å². The summed E-state index contributed by atoms with van der Waals surface area (Å²) in [5.74, 6) is 3.99. The van der Waals surface area contributed by atoms with E-state index in [9.17, 15) is 13.2 Å². The summed E-state index contributed by atoms with van der Waals surface area (Å²) in [6.45, 7) is 2.96. The Bertz CT molecular complexity index is 851. The first-order valence-electron chi connectivity index (χ1n) is 7.01. The van der Waals surface area contributed by atoms with Gasteiger partial charge >= 0.3 is 5.97 Å². The molecule has 0 unspecified atom stereocenters. The van der Waals surface area contributed by atoms with Crippen LogP contribution in [0.4, 0.5) is 5.69 Å². The molecule has 2 rings (SSSR count). The fraction of sp³-hybridized carbons (Fsp3) is 0.188. The van der Waals surface area contributed by atoms with Crippen molar-refractivity contribution in [1.29, 1.82) is 0 Å². The third-order valence-corrected chi connectivity index (χ3v) is 5.70. The van der Waals surface area contributed by atoms with Gasteiger partial charge in [-0.3, -0.25) is 4.31 Å². The quantitative estimate of drug-likeness (QED) is 0.819. The Morgan fingerprint density at radius 3 is 2.38 bits per heavy atom. The van der Waals surface area contributed by atoms with Gasteiger partial charge in [0, 0.05) is 5.02 Å². The summed E-state index contributed by atoms with van der Waals surface area (Å²) in [5, 5.41) is 0.387. The molecule has 0 aromatic heterocycles. The van der Waals surface area contributed by atoms with Crippen LogP contribution in [0.3, 0.4) is 0 Å². The topological polar surface area (TPSA) is 89.7 Å². The highest BCUT2D eigenvalue weighted by atomic mass is 35.5. The minimum atomic E-state index is -4.00. The lowest BCUT2D eigenvalue weighted by atomic mass is 10.2. The van der Waals surface area contributed by atoms with Gasteiger partial charge in [0.1, 0.15) is 6.54 Å². The molecule has 0 bridgehead atoms. The van der Waals surface area contributed by atoms with E-state index in [1.807, 2.05) is 6.92 Å². The van der Waals surface area contributed by atoms with Crippen molar-refractivity contribution >= 4 is 33.3 Å². The highest BCUT2D eigenvalue weighted by Crippen LogP contribution is 2.30. The fourth-order valence-corrected chi connectivity index (χ4v) is 3.79. The summed E-state index contributed by atoms with van der Waals surface area (Å²) in [6, 6.07) is 11.1. The van der Waals surface area contributed by atoms with Crippen LogP contribution in [0.15, 0.2) is 47.4 Å². The van der Waals surface area contributed by atoms with E-state index in [0.717, 1.165) is 9.87 Å². The molecule has 24 heavy (non-hydrogen) atoms. The second-order valence-corrected chi connectivity index (χ2v) is 7.47. The van der Waals surface area contributed by atoms with Crippen molar-refractivity contribution in [1.82, 2.24) is 0 Å². The minimum absolute atomic E-state index is 0.0531. The molecule has 0 spiro atoms. The third kappa shape index (κ3) is 3.69. The zero-order valence-electron chi connectivity index (χ0n) is 13.2. The van der Waals surface area contributed by atoms with Gasteiger partial charge in [-0.05, 0) is 43.7 Å². The number of hydrogen-bond donors (Lipinski definition) is 1. The number of halogens is 1. The summed E-state index contributed by atoms with van der Waals surface area (Å²) in [7, 11) is -4.00. The van der Waals surface area contributed by atoms with Gasteiger partial charge in [-0.2, -0.15) is 5.90 Å². The fourth-order valence-electron chi connectivity index (χ4n) is 2.16. The molecule has 0 heterocycles. The van der Waals surface area contributed by atoms with Crippen LogP contribution >= 0.6 is 11.6 Å². The highest BCUT2D eigenvalue weighted by Gasteiger charge is 2.29. The molecule has 6 nitrogen and oxygen atoms in total. The molecule has 8 heteroatoms. The lowest BCUT2D eigenvalue weighted by molar-refractivity contribution is -0.142. The van der Waals surface area contributed by atoms with Crippen LogP contribution in [0.1, 0.15) is 11.1 Å². The van der Waals surface area contributed by atoms with Crippen molar-refractivity contribution in [3.63, 3.8) is 0 Å². The SMILES string of the molecule is Cc1ccc(S(=O)(=O)N(CC(=O)ON)c2cccc(Cl)c2C)cc1. The van der Waals surface area contributed by atoms with E-state index in [1.54, 1.807) is 37.3 Å². The molecule has 0 aliphatic carbocycles. The standard InChI is InChI=1S/C16H17ClN2O4S/c1-11-6-8-13(9-7-11)24(21,22)19(10-16(20)23-18)15-5-3-4-14(17)12(15)2/h3-9H,10,18H2,1-2H3. The zero-order chi connectivity index (χ0) is 17.9. The summed E-state index contributed by atoms with van der Waals surface area (Å²) in [5.41, 5.74) is 1.73. The predicted octanol–water partition coefficient (Wildman–Crippen LogP) is 2.57. The molecular formula is C16H17ClN2O4S. The van der Waals surface area contributed by atoms with E-state index < -0.39 is 22.5 Å². The van der Waals surface area contributed by atoms with Crippen molar-refractivity contribution in [2.75, 3.05) is 10.8 Å². The number of carbonyl (C=O) groups is 1. The van der Waals surface area contributed by atoms with Gasteiger partial charge in [0.25, 0.3) is 10.0 Å². The predicted molar refractivity (Wildman–Crippen MR) is 92.2 cm³/mol. The van der Waals surface area contributed by atoms with Gasteiger partial charge in [-0.15, -0.1) is 0 Å². The van der Waals surface area contributed by atoms with Gasteiger partial charge in [-0.1, -0.05) is 35.4 Å². The molecular weight excluding hydrogens is 352 g/mol. The Morgan fingerprint density at radius 2 is 1.79 bits per heavy atom. The maximum Gasteiger partial charge on any atom is 0.345 e. The number of benzene rings is 2. The molecule has 0 amide bonds. The molecule has 0 atom stereocenters. The summed E-state index contributed by atoms with van der Waals surface area (Å²) in [6.07, 6.45) is 0. The number of anilines is 1. The Balaban J connectivity index is 2.59. The molecule has 0 aliphatic rings. The van der Waals surface area contributed by atoms with Crippen molar-refractivity contribution in [2.45, 2.75) is 18.7 Å². The molecule has 0 saturated heterocycles. The van der Waals surface area contributed by atoms with Crippen molar-refractivity contribution in [2.24, 2.45) is 5.90 Å². The Kier molecular flexibility index (Phi) is 5.48. The molecule has 2 aromatic rings. The first-order valence-corrected chi connectivity index (χ1v) is 8.83. The van der Waals surface area contributed by atoms with Crippen LogP contribution in [0, 0.1) is 13.8 Å². The lowest BCUT2D eigenvalue weighted by Gasteiger charge is -2.25. The third-order valence-electron chi connectivity index (χ3n) is 3.52. The largest absolute Gasteiger partial charge is 0.372 e. The normalized spacial score (nSPS) is 11.2. The molecule has 0 fully saturated rings. The van der Waals surface area contributed by atoms with E-state index in [2.05, 4.69) is 4.84 Å². The first-order chi connectivity index (χ1) is 11.3. The van der Waals surface area contributed by atoms with E-state index in [-0.39, 0.29) is 10.6 Å². The monoisotopic (exact) mass is 368 g/mol. The van der Waals surface area contributed by atoms with Gasteiger partial charge in [-0.25, -0.2) is 13.2 Å². The molecule has 2 N–H and O–H groups in total. The van der Waals surface area contributed by atoms with Crippen LogP contribution in [-0.2, 0) is 19.7 Å². The summed E-state index contributed by atoms with van der Waals surface area (Å²) in [4.78, 5) is 15.8. The average molecular weight is 369 g/mol. The van der Waals surface area contributed by atoms with Gasteiger partial charge in [0.2, 0.25) is 0 Å². The second kappa shape index (κ2) is 7.21. The van der Waals surface area contributed by atoms with E-state index in [1.165, 1.54) is 12.1 Å². The Hall–Kier alpha value is -2.09. The first kappa shape index (κ1) is 18.3. The van der Waals surface area contributed by atoms with Crippen LogP contribution < -0.4 is 10.2 Å². The van der Waals surface area contributed by atoms with E-state index >= 15 is 0 Å². The highest BCUT2D eigenvalue weighted by molar-refractivity contribution is 7.92. The smallest absolute Gasteiger partial charge is 0.345 e. The number of nitrogens with zero attached hydrogens (tertiary/aromatic N) is 1. The average Bonchev–Trinajstić information content (AvgIpc) is 2.55. The van der Waals surface area contributed by atoms with Crippen LogP contribution in [0.2, 0.25) is 5.02 Å². The van der Waals surface area contributed by atoms with Crippen molar-refractivity contribution in [3.05, 3.63) is 58.6 Å². The number of rotatable bonds is 5. The molecule has 0 radical (unpaired) electrons. The van der Waals surface area contributed by atoms with Crippen LogP contribution in [0.5, 0.6) is 0 Å². The minimum Gasteiger partial charge on any atom is -0.372 e. The maximum absolute atomic E-state index is 13.0. The number of carbonyl (C=O) groups excluding carboxylic acids is 1. The van der Waals surface area contributed by atoms with Crippen LogP contribution in [-0.4, -0.2) is 20.9 Å². The molecule has 128 valence electrons. The van der Waals surface area contributed by atoms with E-state index in [0.29, 0.717) is 10.6 Å². The number of hydrogen-bond acceptors (Lipinski definition) is 5. The molecule has 0 aliphatic heterocycles. The second-order valence-electron chi connectivity index (χ2n) is 5.20. The number of sulfonamides is 1. The lowest BCUT2D eigenvalue weighted by Crippen LogP contribution is -2.37. The zero-order valence-corrected chi connectivity index (χ0v) is 14.8. The van der Waals surface area contributed by atoms with Crippen molar-refractivity contribution in [3.8, 4) is 0 Å². The Morgan fingerprint density at radius 1 is 1.17 bits per heavy atom. The van der Waals surface area contributed by atoms with Crippen LogP contribution in [0.25, 0.3) is 0 Å². The molecule has 2 aromatic carbocycles. The molecule has 0 saturated carbocycles. The van der Waals surface area contributed by atoms with Gasteiger partial charge in [0.15, 0.2) is 0 Å². The van der Waals surface area contributed by atoms with E-state index in [4.69, 9.17) is 17.5 Å². The summed E-state index contributed by atoms with van der Waals surface area (Å²) < 4.78 is 26.9. The number of aryl methyl sites for hydroxylation is 1. The maximum atomic E-state index is 13.0. The number of nitrogens with two attached hydrogens (primary N) is 1. The van der Waals surface area contributed by atoms with Gasteiger partial charge < -0.3 is 4.84 Å². The summed E-state index contributed by atoms with van der Waals surface area (Å²) >= 11 is 6.08. The van der Waals surface area contributed by atoms with Crippen molar-refractivity contribution < 1.29 is 18.0 Å². The Labute approximate surface area is 145 Å².